The summed E-state index contributed by atoms with van der Waals surface area (Å²) in [6, 6.07) is 0. The van der Waals surface area contributed by atoms with Gasteiger partial charge in [-0.1, -0.05) is 19.8 Å². The molecule has 2 rings (SSSR count). The third-order valence-corrected chi connectivity index (χ3v) is 5.07. The van der Waals surface area contributed by atoms with Crippen molar-refractivity contribution in [2.24, 2.45) is 17.8 Å². The first-order valence-electron chi connectivity index (χ1n) is 8.38. The lowest BCUT2D eigenvalue weighted by atomic mass is 9.80. The fourth-order valence-corrected chi connectivity index (χ4v) is 3.70. The summed E-state index contributed by atoms with van der Waals surface area (Å²) in [6.07, 6.45) is 11.5. The van der Waals surface area contributed by atoms with Gasteiger partial charge in [-0.15, -0.1) is 0 Å². The maximum atomic E-state index is 12.2. The minimum Gasteiger partial charge on any atom is -0.462 e. The smallest absolute Gasteiger partial charge is 0.309 e. The van der Waals surface area contributed by atoms with Gasteiger partial charge in [-0.25, -0.2) is 0 Å². The van der Waals surface area contributed by atoms with Crippen molar-refractivity contribution < 1.29 is 14.3 Å². The minimum atomic E-state index is 0.0227. The van der Waals surface area contributed by atoms with Crippen LogP contribution in [0.15, 0.2) is 0 Å². The molecule has 3 nitrogen and oxygen atoms in total. The Morgan fingerprint density at radius 1 is 1.05 bits per heavy atom. The van der Waals surface area contributed by atoms with E-state index in [0.717, 1.165) is 50.7 Å². The van der Waals surface area contributed by atoms with Crippen LogP contribution in [-0.2, 0) is 14.3 Å². The highest BCUT2D eigenvalue weighted by Gasteiger charge is 2.30. The standard InChI is InChI=1S/C17H28O3/c1-2-3-13-4-8-15(9-5-13)17(19)20-16-10-6-14(12-18)7-11-16/h12-16H,2-11H2,1H3. The lowest BCUT2D eigenvalue weighted by Gasteiger charge is -2.30. The minimum absolute atomic E-state index is 0.0227. The predicted octanol–water partition coefficient (Wildman–Crippen LogP) is 3.89. The average molecular weight is 280 g/mol. The predicted molar refractivity (Wildman–Crippen MR) is 78.3 cm³/mol. The number of rotatable bonds is 5. The van der Waals surface area contributed by atoms with Crippen LogP contribution in [0.4, 0.5) is 0 Å². The van der Waals surface area contributed by atoms with Gasteiger partial charge in [0.2, 0.25) is 0 Å². The number of carbonyl (C=O) groups excluding carboxylic acids is 2. The number of carbonyl (C=O) groups is 2. The molecule has 0 aromatic carbocycles. The second kappa shape index (κ2) is 7.80. The number of hydrogen-bond acceptors (Lipinski definition) is 3. The third-order valence-electron chi connectivity index (χ3n) is 5.07. The zero-order chi connectivity index (χ0) is 14.4. The Morgan fingerprint density at radius 3 is 2.25 bits per heavy atom. The molecule has 0 saturated heterocycles. The Morgan fingerprint density at radius 2 is 1.70 bits per heavy atom. The Kier molecular flexibility index (Phi) is 6.06. The van der Waals surface area contributed by atoms with Crippen LogP contribution in [0.25, 0.3) is 0 Å². The van der Waals surface area contributed by atoms with Gasteiger partial charge in [0.15, 0.2) is 0 Å². The molecule has 3 heteroatoms. The van der Waals surface area contributed by atoms with Crippen LogP contribution in [0.1, 0.15) is 71.1 Å². The lowest BCUT2D eigenvalue weighted by Crippen LogP contribution is -2.30. The molecule has 0 unspecified atom stereocenters. The zero-order valence-corrected chi connectivity index (χ0v) is 12.7. The summed E-state index contributed by atoms with van der Waals surface area (Å²) in [6.45, 7) is 2.23. The number of hydrogen-bond donors (Lipinski definition) is 0. The Bertz CT molecular complexity index is 310. The van der Waals surface area contributed by atoms with Crippen molar-refractivity contribution in [3.05, 3.63) is 0 Å². The summed E-state index contributed by atoms with van der Waals surface area (Å²) in [5, 5.41) is 0. The van der Waals surface area contributed by atoms with E-state index in [1.54, 1.807) is 0 Å². The second-order valence-electron chi connectivity index (χ2n) is 6.62. The van der Waals surface area contributed by atoms with Crippen LogP contribution < -0.4 is 0 Å². The van der Waals surface area contributed by atoms with Gasteiger partial charge in [-0.3, -0.25) is 4.79 Å². The molecule has 2 aliphatic carbocycles. The molecule has 0 amide bonds. The molecular weight excluding hydrogens is 252 g/mol. The van der Waals surface area contributed by atoms with E-state index in [2.05, 4.69) is 6.92 Å². The topological polar surface area (TPSA) is 43.4 Å². The normalized spacial score (nSPS) is 34.5. The number of esters is 1. The first-order valence-corrected chi connectivity index (χ1v) is 8.38. The average Bonchev–Trinajstić information content (AvgIpc) is 2.49. The van der Waals surface area contributed by atoms with Crippen LogP contribution in [0, 0.1) is 17.8 Å². The van der Waals surface area contributed by atoms with Gasteiger partial charge in [0.05, 0.1) is 5.92 Å². The van der Waals surface area contributed by atoms with Crippen LogP contribution in [0.3, 0.4) is 0 Å². The molecule has 0 bridgehead atoms. The molecule has 0 spiro atoms. The third kappa shape index (κ3) is 4.32. The Hall–Kier alpha value is -0.860. The first-order chi connectivity index (χ1) is 9.72. The lowest BCUT2D eigenvalue weighted by molar-refractivity contribution is -0.157. The quantitative estimate of drug-likeness (QED) is 0.567. The van der Waals surface area contributed by atoms with Crippen LogP contribution in [0.2, 0.25) is 0 Å². The van der Waals surface area contributed by atoms with E-state index in [0.29, 0.717) is 0 Å². The molecule has 2 fully saturated rings. The fraction of sp³-hybridized carbons (Fsp3) is 0.882. The van der Waals surface area contributed by atoms with Gasteiger partial charge >= 0.3 is 5.97 Å². The summed E-state index contributed by atoms with van der Waals surface area (Å²) in [5.74, 6) is 1.17. The molecule has 0 N–H and O–H groups in total. The summed E-state index contributed by atoms with van der Waals surface area (Å²) in [5.41, 5.74) is 0. The zero-order valence-electron chi connectivity index (χ0n) is 12.7. The molecule has 114 valence electrons. The molecule has 2 aliphatic rings. The molecule has 2 saturated carbocycles. The highest BCUT2D eigenvalue weighted by atomic mass is 16.5. The molecule has 0 radical (unpaired) electrons. The van der Waals surface area contributed by atoms with Crippen LogP contribution in [0.5, 0.6) is 0 Å². The molecule has 0 aromatic rings. The van der Waals surface area contributed by atoms with Gasteiger partial charge in [-0.2, -0.15) is 0 Å². The summed E-state index contributed by atoms with van der Waals surface area (Å²) < 4.78 is 5.66. The first kappa shape index (κ1) is 15.5. The summed E-state index contributed by atoms with van der Waals surface area (Å²) >= 11 is 0. The van der Waals surface area contributed by atoms with Gasteiger partial charge < -0.3 is 9.53 Å². The van der Waals surface area contributed by atoms with Crippen molar-refractivity contribution >= 4 is 12.3 Å². The summed E-state index contributed by atoms with van der Waals surface area (Å²) in [7, 11) is 0. The van der Waals surface area contributed by atoms with E-state index >= 15 is 0 Å². The molecule has 0 aromatic heterocycles. The van der Waals surface area contributed by atoms with Crippen molar-refractivity contribution in [3.8, 4) is 0 Å². The molecular formula is C17H28O3. The van der Waals surface area contributed by atoms with E-state index in [9.17, 15) is 9.59 Å². The maximum absolute atomic E-state index is 12.2. The fourth-order valence-electron chi connectivity index (χ4n) is 3.70. The SMILES string of the molecule is CCCC1CCC(C(=O)OC2CCC(C=O)CC2)CC1. The maximum Gasteiger partial charge on any atom is 0.309 e. The van der Waals surface area contributed by atoms with Crippen LogP contribution >= 0.6 is 0 Å². The van der Waals surface area contributed by atoms with Gasteiger partial charge in [0.1, 0.15) is 12.4 Å². The molecule has 0 heterocycles. The Labute approximate surface area is 122 Å². The molecule has 20 heavy (non-hydrogen) atoms. The number of aldehydes is 1. The monoisotopic (exact) mass is 280 g/mol. The highest BCUT2D eigenvalue weighted by Crippen LogP contribution is 2.33. The largest absolute Gasteiger partial charge is 0.462 e. The van der Waals surface area contributed by atoms with Crippen molar-refractivity contribution in [2.75, 3.05) is 0 Å². The highest BCUT2D eigenvalue weighted by molar-refractivity contribution is 5.72. The van der Waals surface area contributed by atoms with Gasteiger partial charge in [-0.05, 0) is 57.3 Å². The van der Waals surface area contributed by atoms with E-state index in [4.69, 9.17) is 4.74 Å². The molecule has 0 aliphatic heterocycles. The van der Waals surface area contributed by atoms with E-state index in [1.165, 1.54) is 25.7 Å². The second-order valence-corrected chi connectivity index (χ2v) is 6.62. The van der Waals surface area contributed by atoms with Crippen molar-refractivity contribution in [1.82, 2.24) is 0 Å². The molecule has 0 atom stereocenters. The van der Waals surface area contributed by atoms with E-state index in [-0.39, 0.29) is 23.9 Å². The summed E-state index contributed by atoms with van der Waals surface area (Å²) in [4.78, 5) is 22.9. The number of ether oxygens (including phenoxy) is 1. The van der Waals surface area contributed by atoms with E-state index < -0.39 is 0 Å². The van der Waals surface area contributed by atoms with Crippen LogP contribution in [-0.4, -0.2) is 18.4 Å². The van der Waals surface area contributed by atoms with Gasteiger partial charge in [0.25, 0.3) is 0 Å². The van der Waals surface area contributed by atoms with E-state index in [1.807, 2.05) is 0 Å². The van der Waals surface area contributed by atoms with Crippen molar-refractivity contribution in [3.63, 3.8) is 0 Å². The van der Waals surface area contributed by atoms with Crippen molar-refractivity contribution in [2.45, 2.75) is 77.2 Å². The van der Waals surface area contributed by atoms with Gasteiger partial charge in [0, 0.05) is 5.92 Å². The van der Waals surface area contributed by atoms with Crippen molar-refractivity contribution in [1.29, 1.82) is 0 Å². The Balaban J connectivity index is 1.69.